The molecule has 0 spiro atoms. The van der Waals surface area contributed by atoms with E-state index >= 15 is 0 Å². The number of hydrogen-bond donors (Lipinski definition) is 0. The molecule has 1 aliphatic rings. The molecule has 2 heterocycles. The number of carbonyl (C=O) groups is 2. The van der Waals surface area contributed by atoms with Crippen LogP contribution in [0.4, 0.5) is 0 Å². The number of amides is 2. The van der Waals surface area contributed by atoms with Crippen molar-refractivity contribution in [1.29, 1.82) is 0 Å². The number of nitrogens with zero attached hydrogens (tertiary/aromatic N) is 3. The molecule has 5 nitrogen and oxygen atoms in total. The lowest BCUT2D eigenvalue weighted by atomic mass is 10.1. The van der Waals surface area contributed by atoms with E-state index < -0.39 is 0 Å². The maximum Gasteiger partial charge on any atom is 0.256 e. The molecule has 126 valence electrons. The molecule has 24 heavy (non-hydrogen) atoms. The maximum absolute atomic E-state index is 12.6. The SMILES string of the molecule is CCc1ccc(C(=O)N2CCN(C(=O)c3csnc3C)CC2)cc1. The first-order valence-corrected chi connectivity index (χ1v) is 9.02. The smallest absolute Gasteiger partial charge is 0.256 e. The molecule has 6 heteroatoms. The number of carbonyl (C=O) groups excluding carboxylic acids is 2. The quantitative estimate of drug-likeness (QED) is 0.861. The standard InChI is InChI=1S/C18H21N3O2S/c1-3-14-4-6-15(7-5-14)17(22)20-8-10-21(11-9-20)18(23)16-12-24-19-13(16)2/h4-7,12H,3,8-11H2,1-2H3. The number of aryl methyl sites for hydroxylation is 2. The van der Waals surface area contributed by atoms with Gasteiger partial charge in [-0.15, -0.1) is 0 Å². The second-order valence-corrected chi connectivity index (χ2v) is 6.58. The first kappa shape index (κ1) is 16.6. The molecule has 0 atom stereocenters. The lowest BCUT2D eigenvalue weighted by Gasteiger charge is -2.34. The Kier molecular flexibility index (Phi) is 4.94. The summed E-state index contributed by atoms with van der Waals surface area (Å²) < 4.78 is 4.16. The summed E-state index contributed by atoms with van der Waals surface area (Å²) in [7, 11) is 0. The van der Waals surface area contributed by atoms with Crippen molar-refractivity contribution in [3.05, 3.63) is 52.0 Å². The molecule has 0 aliphatic carbocycles. The fourth-order valence-corrected chi connectivity index (χ4v) is 3.53. The summed E-state index contributed by atoms with van der Waals surface area (Å²) in [6.07, 6.45) is 0.964. The minimum Gasteiger partial charge on any atom is -0.335 e. The average molecular weight is 343 g/mol. The molecule has 0 saturated carbocycles. The van der Waals surface area contributed by atoms with Gasteiger partial charge < -0.3 is 9.80 Å². The Bertz CT molecular complexity index is 731. The van der Waals surface area contributed by atoms with Gasteiger partial charge in [-0.25, -0.2) is 0 Å². The summed E-state index contributed by atoms with van der Waals surface area (Å²) in [5, 5.41) is 1.80. The van der Waals surface area contributed by atoms with E-state index in [1.54, 1.807) is 10.3 Å². The van der Waals surface area contributed by atoms with E-state index in [0.29, 0.717) is 37.3 Å². The van der Waals surface area contributed by atoms with Crippen molar-refractivity contribution >= 4 is 23.3 Å². The molecular weight excluding hydrogens is 322 g/mol. The zero-order valence-corrected chi connectivity index (χ0v) is 14.8. The lowest BCUT2D eigenvalue weighted by Crippen LogP contribution is -2.50. The number of hydrogen-bond acceptors (Lipinski definition) is 4. The Hall–Kier alpha value is -2.21. The van der Waals surface area contributed by atoms with E-state index in [2.05, 4.69) is 11.3 Å². The van der Waals surface area contributed by atoms with Gasteiger partial charge in [-0.3, -0.25) is 9.59 Å². The zero-order valence-electron chi connectivity index (χ0n) is 14.0. The van der Waals surface area contributed by atoms with Crippen molar-refractivity contribution in [2.45, 2.75) is 20.3 Å². The van der Waals surface area contributed by atoms with Crippen LogP contribution in [0.2, 0.25) is 0 Å². The molecule has 0 N–H and O–H groups in total. The Morgan fingerprint density at radius 1 is 1.04 bits per heavy atom. The Labute approximate surface area is 146 Å². The molecule has 3 rings (SSSR count). The second kappa shape index (κ2) is 7.13. The normalized spacial score (nSPS) is 14.8. The van der Waals surface area contributed by atoms with Crippen LogP contribution in [0.25, 0.3) is 0 Å². The van der Waals surface area contributed by atoms with Gasteiger partial charge in [0.05, 0.1) is 11.3 Å². The van der Waals surface area contributed by atoms with E-state index in [9.17, 15) is 9.59 Å². The molecule has 1 aromatic heterocycles. The van der Waals surface area contributed by atoms with Gasteiger partial charge in [-0.05, 0) is 42.6 Å². The summed E-state index contributed by atoms with van der Waals surface area (Å²) in [6.45, 7) is 6.20. The average Bonchev–Trinajstić information content (AvgIpc) is 3.06. The van der Waals surface area contributed by atoms with E-state index in [0.717, 1.165) is 12.1 Å². The van der Waals surface area contributed by atoms with Crippen molar-refractivity contribution in [3.63, 3.8) is 0 Å². The van der Waals surface area contributed by atoms with Gasteiger partial charge in [0.1, 0.15) is 0 Å². The van der Waals surface area contributed by atoms with Gasteiger partial charge >= 0.3 is 0 Å². The monoisotopic (exact) mass is 343 g/mol. The molecule has 1 aliphatic heterocycles. The Morgan fingerprint density at radius 3 is 2.12 bits per heavy atom. The van der Waals surface area contributed by atoms with Crippen molar-refractivity contribution in [2.24, 2.45) is 0 Å². The fourth-order valence-electron chi connectivity index (χ4n) is 2.85. The van der Waals surface area contributed by atoms with Crippen LogP contribution < -0.4 is 0 Å². The zero-order chi connectivity index (χ0) is 17.1. The van der Waals surface area contributed by atoms with Crippen LogP contribution in [-0.2, 0) is 6.42 Å². The third-order valence-electron chi connectivity index (χ3n) is 4.44. The van der Waals surface area contributed by atoms with Crippen molar-refractivity contribution < 1.29 is 9.59 Å². The van der Waals surface area contributed by atoms with E-state index in [1.807, 2.05) is 36.1 Å². The van der Waals surface area contributed by atoms with Crippen LogP contribution in [0, 0.1) is 6.92 Å². The minimum atomic E-state index is 0.0145. The van der Waals surface area contributed by atoms with Gasteiger partial charge in [-0.1, -0.05) is 19.1 Å². The fraction of sp³-hybridized carbons (Fsp3) is 0.389. The molecule has 0 unspecified atom stereocenters. The van der Waals surface area contributed by atoms with Gasteiger partial charge in [0.2, 0.25) is 0 Å². The van der Waals surface area contributed by atoms with E-state index in [1.165, 1.54) is 17.1 Å². The van der Waals surface area contributed by atoms with Crippen LogP contribution >= 0.6 is 11.5 Å². The van der Waals surface area contributed by atoms with Crippen LogP contribution in [-0.4, -0.2) is 52.2 Å². The lowest BCUT2D eigenvalue weighted by molar-refractivity contribution is 0.0535. The summed E-state index contributed by atoms with van der Waals surface area (Å²) in [6, 6.07) is 7.77. The van der Waals surface area contributed by atoms with E-state index in [-0.39, 0.29) is 11.8 Å². The van der Waals surface area contributed by atoms with Gasteiger partial charge in [0.15, 0.2) is 0 Å². The molecule has 1 aromatic carbocycles. The molecule has 2 amide bonds. The number of benzene rings is 1. The molecule has 2 aromatic rings. The van der Waals surface area contributed by atoms with Crippen LogP contribution in [0.5, 0.6) is 0 Å². The highest BCUT2D eigenvalue weighted by Crippen LogP contribution is 2.15. The molecule has 0 bridgehead atoms. The third kappa shape index (κ3) is 3.33. The first-order valence-electron chi connectivity index (χ1n) is 8.18. The predicted octanol–water partition coefficient (Wildman–Crippen LogP) is 2.61. The van der Waals surface area contributed by atoms with Crippen molar-refractivity contribution in [1.82, 2.24) is 14.2 Å². The van der Waals surface area contributed by atoms with Gasteiger partial charge in [0.25, 0.3) is 11.8 Å². The van der Waals surface area contributed by atoms with Crippen LogP contribution in [0.3, 0.4) is 0 Å². The molecule has 1 fully saturated rings. The van der Waals surface area contributed by atoms with Gasteiger partial charge in [0, 0.05) is 37.1 Å². The van der Waals surface area contributed by atoms with Crippen molar-refractivity contribution in [2.75, 3.05) is 26.2 Å². The van der Waals surface area contributed by atoms with Crippen molar-refractivity contribution in [3.8, 4) is 0 Å². The third-order valence-corrected chi connectivity index (χ3v) is 5.16. The molecule has 1 saturated heterocycles. The van der Waals surface area contributed by atoms with Gasteiger partial charge in [-0.2, -0.15) is 4.37 Å². The number of piperazine rings is 1. The highest BCUT2D eigenvalue weighted by Gasteiger charge is 2.26. The first-order chi connectivity index (χ1) is 11.6. The summed E-state index contributed by atoms with van der Waals surface area (Å²) in [5.74, 6) is 0.0544. The summed E-state index contributed by atoms with van der Waals surface area (Å²) in [5.41, 5.74) is 3.39. The van der Waals surface area contributed by atoms with E-state index in [4.69, 9.17) is 0 Å². The largest absolute Gasteiger partial charge is 0.335 e. The highest BCUT2D eigenvalue weighted by molar-refractivity contribution is 7.03. The number of aromatic nitrogens is 1. The topological polar surface area (TPSA) is 53.5 Å². The predicted molar refractivity (Wildman–Crippen MR) is 94.5 cm³/mol. The molecule has 0 radical (unpaired) electrons. The maximum atomic E-state index is 12.6. The summed E-state index contributed by atoms with van der Waals surface area (Å²) >= 11 is 1.30. The summed E-state index contributed by atoms with van der Waals surface area (Å²) in [4.78, 5) is 28.7. The van der Waals surface area contributed by atoms with Crippen LogP contribution in [0.15, 0.2) is 29.6 Å². The Balaban J connectivity index is 1.61. The Morgan fingerprint density at radius 2 is 1.62 bits per heavy atom. The van der Waals surface area contributed by atoms with Crippen LogP contribution in [0.1, 0.15) is 38.9 Å². The highest BCUT2D eigenvalue weighted by atomic mass is 32.1. The second-order valence-electron chi connectivity index (χ2n) is 5.95. The number of rotatable bonds is 3. The molecular formula is C18H21N3O2S. The minimum absolute atomic E-state index is 0.0145.